The van der Waals surface area contributed by atoms with E-state index in [-0.39, 0.29) is 23.0 Å². The maximum Gasteiger partial charge on any atom is 0.242 e. The van der Waals surface area contributed by atoms with Crippen molar-refractivity contribution in [2.45, 2.75) is 24.3 Å². The molecule has 0 saturated carbocycles. The third kappa shape index (κ3) is 5.14. The lowest BCUT2D eigenvalue weighted by Gasteiger charge is -2.11. The van der Waals surface area contributed by atoms with Crippen LogP contribution in [0.2, 0.25) is 0 Å². The van der Waals surface area contributed by atoms with Gasteiger partial charge in [-0.15, -0.1) is 0 Å². The van der Waals surface area contributed by atoms with E-state index in [2.05, 4.69) is 5.32 Å². The van der Waals surface area contributed by atoms with E-state index in [4.69, 9.17) is 4.42 Å². The first-order valence-corrected chi connectivity index (χ1v) is 10.8. The van der Waals surface area contributed by atoms with Gasteiger partial charge in [0.15, 0.2) is 0 Å². The molecule has 0 radical (unpaired) electrons. The van der Waals surface area contributed by atoms with Crippen LogP contribution < -0.4 is 5.32 Å². The van der Waals surface area contributed by atoms with Crippen molar-refractivity contribution in [2.24, 2.45) is 0 Å². The standard InChI is InChI=1S/C22H23FN2O4S/c1-25(2)30(27,28)18-11-7-16(8-12-18)15-24-22(26)14-10-17-9-13-21(29-17)19-5-3-4-6-20(19)23/h3-9,11-13H,10,14-15H2,1-2H3,(H,24,26). The first-order chi connectivity index (χ1) is 14.3. The monoisotopic (exact) mass is 430 g/mol. The quantitative estimate of drug-likeness (QED) is 0.592. The third-order valence-corrected chi connectivity index (χ3v) is 6.42. The first-order valence-electron chi connectivity index (χ1n) is 9.39. The highest BCUT2D eigenvalue weighted by Crippen LogP contribution is 2.25. The molecule has 1 heterocycles. The second kappa shape index (κ2) is 9.23. The lowest BCUT2D eigenvalue weighted by Crippen LogP contribution is -2.23. The summed E-state index contributed by atoms with van der Waals surface area (Å²) >= 11 is 0. The molecule has 0 aliphatic carbocycles. The Morgan fingerprint density at radius 1 is 1.03 bits per heavy atom. The number of furan rings is 1. The summed E-state index contributed by atoms with van der Waals surface area (Å²) in [5.41, 5.74) is 1.17. The molecule has 3 aromatic rings. The number of rotatable bonds is 8. The first kappa shape index (κ1) is 21.7. The minimum absolute atomic E-state index is 0.163. The predicted molar refractivity (Wildman–Crippen MR) is 112 cm³/mol. The number of carbonyl (C=O) groups is 1. The van der Waals surface area contributed by atoms with Crippen molar-refractivity contribution in [1.29, 1.82) is 0 Å². The molecule has 158 valence electrons. The number of halogens is 1. The molecule has 0 fully saturated rings. The Morgan fingerprint density at radius 2 is 1.73 bits per heavy atom. The Bertz CT molecular complexity index is 1120. The van der Waals surface area contributed by atoms with Crippen molar-refractivity contribution in [2.75, 3.05) is 14.1 Å². The van der Waals surface area contributed by atoms with Gasteiger partial charge >= 0.3 is 0 Å². The smallest absolute Gasteiger partial charge is 0.242 e. The zero-order valence-corrected chi connectivity index (χ0v) is 17.6. The highest BCUT2D eigenvalue weighted by Gasteiger charge is 2.16. The van der Waals surface area contributed by atoms with Crippen LogP contribution in [0.3, 0.4) is 0 Å². The molecule has 1 aromatic heterocycles. The van der Waals surface area contributed by atoms with Crippen molar-refractivity contribution in [3.05, 3.63) is 77.8 Å². The number of hydrogen-bond acceptors (Lipinski definition) is 4. The minimum Gasteiger partial charge on any atom is -0.461 e. The van der Waals surface area contributed by atoms with E-state index in [0.717, 1.165) is 9.87 Å². The Hall–Kier alpha value is -2.97. The molecule has 8 heteroatoms. The van der Waals surface area contributed by atoms with Crippen LogP contribution in [0.1, 0.15) is 17.7 Å². The average Bonchev–Trinajstić information content (AvgIpc) is 3.20. The van der Waals surface area contributed by atoms with Gasteiger partial charge in [0.25, 0.3) is 0 Å². The SMILES string of the molecule is CN(C)S(=O)(=O)c1ccc(CNC(=O)CCc2ccc(-c3ccccc3F)o2)cc1. The normalized spacial score (nSPS) is 11.6. The van der Waals surface area contributed by atoms with Crippen molar-refractivity contribution >= 4 is 15.9 Å². The molecule has 0 spiro atoms. The second-order valence-corrected chi connectivity index (χ2v) is 9.11. The van der Waals surface area contributed by atoms with Gasteiger partial charge in [0.1, 0.15) is 17.3 Å². The molecule has 0 bridgehead atoms. The number of nitrogens with zero attached hydrogens (tertiary/aromatic N) is 1. The van der Waals surface area contributed by atoms with E-state index in [0.29, 0.717) is 30.0 Å². The Morgan fingerprint density at radius 3 is 2.40 bits per heavy atom. The molecule has 0 saturated heterocycles. The maximum absolute atomic E-state index is 13.8. The fraction of sp³-hybridized carbons (Fsp3) is 0.227. The summed E-state index contributed by atoms with van der Waals surface area (Å²) in [4.78, 5) is 12.3. The highest BCUT2D eigenvalue weighted by molar-refractivity contribution is 7.89. The molecule has 30 heavy (non-hydrogen) atoms. The third-order valence-electron chi connectivity index (χ3n) is 4.59. The predicted octanol–water partition coefficient (Wildman–Crippen LogP) is 3.59. The number of sulfonamides is 1. The molecule has 6 nitrogen and oxygen atoms in total. The summed E-state index contributed by atoms with van der Waals surface area (Å²) in [6.45, 7) is 0.291. The molecular formula is C22H23FN2O4S. The van der Waals surface area contributed by atoms with Crippen LogP contribution in [0.4, 0.5) is 4.39 Å². The number of nitrogens with one attached hydrogen (secondary N) is 1. The largest absolute Gasteiger partial charge is 0.461 e. The van der Waals surface area contributed by atoms with Crippen LogP contribution >= 0.6 is 0 Å². The number of aryl methyl sites for hydroxylation is 1. The van der Waals surface area contributed by atoms with E-state index in [1.54, 1.807) is 42.5 Å². The van der Waals surface area contributed by atoms with Crippen molar-refractivity contribution in [1.82, 2.24) is 9.62 Å². The topological polar surface area (TPSA) is 79.6 Å². The highest BCUT2D eigenvalue weighted by atomic mass is 32.2. The average molecular weight is 431 g/mol. The van der Waals surface area contributed by atoms with Crippen LogP contribution in [-0.4, -0.2) is 32.7 Å². The van der Waals surface area contributed by atoms with Gasteiger partial charge in [-0.25, -0.2) is 17.1 Å². The van der Waals surface area contributed by atoms with Gasteiger partial charge < -0.3 is 9.73 Å². The molecular weight excluding hydrogens is 407 g/mol. The van der Waals surface area contributed by atoms with Gasteiger partial charge in [0.05, 0.1) is 10.5 Å². The van der Waals surface area contributed by atoms with Crippen molar-refractivity contribution in [3.8, 4) is 11.3 Å². The zero-order chi connectivity index (χ0) is 21.7. The van der Waals surface area contributed by atoms with Gasteiger partial charge in [-0.1, -0.05) is 24.3 Å². The molecule has 0 aliphatic heterocycles. The number of benzene rings is 2. The molecule has 3 rings (SSSR count). The summed E-state index contributed by atoms with van der Waals surface area (Å²) < 4.78 is 44.8. The lowest BCUT2D eigenvalue weighted by molar-refractivity contribution is -0.121. The molecule has 2 aromatic carbocycles. The van der Waals surface area contributed by atoms with Crippen LogP contribution in [0.5, 0.6) is 0 Å². The van der Waals surface area contributed by atoms with E-state index >= 15 is 0 Å². The number of hydrogen-bond donors (Lipinski definition) is 1. The Labute approximate surface area is 175 Å². The summed E-state index contributed by atoms with van der Waals surface area (Å²) in [7, 11) is -0.525. The minimum atomic E-state index is -3.47. The number of carbonyl (C=O) groups excluding carboxylic acids is 1. The summed E-state index contributed by atoms with van der Waals surface area (Å²) in [6.07, 6.45) is 0.609. The second-order valence-electron chi connectivity index (χ2n) is 6.95. The van der Waals surface area contributed by atoms with Gasteiger partial charge in [0, 0.05) is 33.5 Å². The van der Waals surface area contributed by atoms with E-state index in [1.807, 2.05) is 0 Å². The van der Waals surface area contributed by atoms with E-state index in [1.165, 1.54) is 32.3 Å². The van der Waals surface area contributed by atoms with Gasteiger partial charge in [-0.2, -0.15) is 0 Å². The van der Waals surface area contributed by atoms with E-state index < -0.39 is 10.0 Å². The van der Waals surface area contributed by atoms with Crippen LogP contribution in [-0.2, 0) is 27.8 Å². The molecule has 1 N–H and O–H groups in total. The van der Waals surface area contributed by atoms with Crippen LogP contribution in [0.25, 0.3) is 11.3 Å². The van der Waals surface area contributed by atoms with Crippen LogP contribution in [0, 0.1) is 5.82 Å². The Balaban J connectivity index is 1.51. The van der Waals surface area contributed by atoms with Gasteiger partial charge in [-0.3, -0.25) is 4.79 Å². The molecule has 0 aliphatic rings. The maximum atomic E-state index is 13.8. The summed E-state index contributed by atoms with van der Waals surface area (Å²) in [6, 6.07) is 16.2. The fourth-order valence-corrected chi connectivity index (χ4v) is 3.74. The van der Waals surface area contributed by atoms with Crippen molar-refractivity contribution in [3.63, 3.8) is 0 Å². The fourth-order valence-electron chi connectivity index (χ4n) is 2.83. The summed E-state index contributed by atoms with van der Waals surface area (Å²) in [5, 5.41) is 2.80. The zero-order valence-electron chi connectivity index (χ0n) is 16.8. The molecule has 0 atom stereocenters. The van der Waals surface area contributed by atoms with Gasteiger partial charge in [0.2, 0.25) is 15.9 Å². The van der Waals surface area contributed by atoms with Gasteiger partial charge in [-0.05, 0) is 42.0 Å². The van der Waals surface area contributed by atoms with Crippen molar-refractivity contribution < 1.29 is 22.0 Å². The Kier molecular flexibility index (Phi) is 6.69. The van der Waals surface area contributed by atoms with E-state index in [9.17, 15) is 17.6 Å². The van der Waals surface area contributed by atoms with Crippen LogP contribution in [0.15, 0.2) is 70.0 Å². The molecule has 1 amide bonds. The number of amides is 1. The summed E-state index contributed by atoms with van der Waals surface area (Å²) in [5.74, 6) is 0.502. The lowest BCUT2D eigenvalue weighted by atomic mass is 10.1. The molecule has 0 unspecified atom stereocenters.